The molecule has 1 amide bonds. The molecule has 4 heteroatoms. The SMILES string of the molecule is CCCCCCCCCCC/C=C/[C@@H](O)[C@H](CO)NC(=O)CCCCCCCCCCCCCCCCCCCCC(C)C. The molecule has 3 N–H and O–H groups in total. The topological polar surface area (TPSA) is 69.6 Å². The smallest absolute Gasteiger partial charge is 0.220 e. The number of hydrogen-bond acceptors (Lipinski definition) is 3. The predicted molar refractivity (Wildman–Crippen MR) is 193 cm³/mol. The van der Waals surface area contributed by atoms with Crippen LogP contribution in [0.1, 0.15) is 213 Å². The largest absolute Gasteiger partial charge is 0.394 e. The highest BCUT2D eigenvalue weighted by Gasteiger charge is 2.17. The molecule has 0 aliphatic heterocycles. The maximum Gasteiger partial charge on any atom is 0.220 e. The third-order valence-corrected chi connectivity index (χ3v) is 9.20. The van der Waals surface area contributed by atoms with E-state index in [0.717, 1.165) is 31.6 Å². The van der Waals surface area contributed by atoms with Crippen molar-refractivity contribution >= 4 is 5.91 Å². The van der Waals surface area contributed by atoms with Gasteiger partial charge >= 0.3 is 0 Å². The van der Waals surface area contributed by atoms with E-state index < -0.39 is 12.1 Å². The number of carbonyl (C=O) groups excluding carboxylic acids is 1. The maximum atomic E-state index is 12.3. The van der Waals surface area contributed by atoms with Crippen molar-refractivity contribution in [2.24, 2.45) is 5.92 Å². The summed E-state index contributed by atoms with van der Waals surface area (Å²) in [6, 6.07) is -0.615. The van der Waals surface area contributed by atoms with Gasteiger partial charge in [-0.1, -0.05) is 200 Å². The normalized spacial score (nSPS) is 13.2. The third kappa shape index (κ3) is 32.5. The van der Waals surface area contributed by atoms with Gasteiger partial charge in [0.2, 0.25) is 5.91 Å². The van der Waals surface area contributed by atoms with Crippen LogP contribution in [0.3, 0.4) is 0 Å². The maximum absolute atomic E-state index is 12.3. The summed E-state index contributed by atoms with van der Waals surface area (Å²) in [5.74, 6) is 0.806. The molecule has 2 atom stereocenters. The van der Waals surface area contributed by atoms with Crippen LogP contribution in [0.2, 0.25) is 0 Å². The number of hydrogen-bond donors (Lipinski definition) is 3. The van der Waals surface area contributed by atoms with Crippen LogP contribution < -0.4 is 5.32 Å². The molecule has 0 bridgehead atoms. The van der Waals surface area contributed by atoms with E-state index in [1.165, 1.54) is 161 Å². The molecule has 0 aromatic rings. The van der Waals surface area contributed by atoms with Gasteiger partial charge in [0.25, 0.3) is 0 Å². The number of unbranched alkanes of at least 4 members (excludes halogenated alkanes) is 26. The second-order valence-corrected chi connectivity index (χ2v) is 14.2. The number of nitrogens with one attached hydrogen (secondary N) is 1. The fourth-order valence-electron chi connectivity index (χ4n) is 6.13. The van der Waals surface area contributed by atoms with Crippen LogP contribution in [-0.2, 0) is 4.79 Å². The summed E-state index contributed by atoms with van der Waals surface area (Å²) in [5.41, 5.74) is 0. The van der Waals surface area contributed by atoms with Gasteiger partial charge in [0.05, 0.1) is 18.8 Å². The molecule has 0 radical (unpaired) electrons. The van der Waals surface area contributed by atoms with Crippen molar-refractivity contribution in [3.05, 3.63) is 12.2 Å². The zero-order valence-electron chi connectivity index (χ0n) is 30.1. The minimum absolute atomic E-state index is 0.0625. The molecule has 0 unspecified atom stereocenters. The Kier molecular flexibility index (Phi) is 34.3. The van der Waals surface area contributed by atoms with E-state index >= 15 is 0 Å². The average molecular weight is 622 g/mol. The minimum Gasteiger partial charge on any atom is -0.394 e. The number of aliphatic hydroxyl groups excluding tert-OH is 2. The number of carbonyl (C=O) groups is 1. The van der Waals surface area contributed by atoms with E-state index in [1.807, 2.05) is 6.08 Å². The highest BCUT2D eigenvalue weighted by atomic mass is 16.3. The van der Waals surface area contributed by atoms with Crippen molar-refractivity contribution in [1.82, 2.24) is 5.32 Å². The Morgan fingerprint density at radius 2 is 0.977 bits per heavy atom. The Hall–Kier alpha value is -0.870. The van der Waals surface area contributed by atoms with Gasteiger partial charge in [-0.3, -0.25) is 4.79 Å². The summed E-state index contributed by atoms with van der Waals surface area (Å²) in [6.07, 6.45) is 41.6. The first-order valence-corrected chi connectivity index (χ1v) is 19.8. The van der Waals surface area contributed by atoms with Gasteiger partial charge in [-0.25, -0.2) is 0 Å². The first kappa shape index (κ1) is 43.1. The van der Waals surface area contributed by atoms with Crippen molar-refractivity contribution < 1.29 is 15.0 Å². The van der Waals surface area contributed by atoms with Gasteiger partial charge in [-0.2, -0.15) is 0 Å². The monoisotopic (exact) mass is 622 g/mol. The lowest BCUT2D eigenvalue weighted by Gasteiger charge is -2.20. The van der Waals surface area contributed by atoms with Crippen molar-refractivity contribution in [1.29, 1.82) is 0 Å². The second kappa shape index (κ2) is 35.0. The quantitative estimate of drug-likeness (QED) is 0.0487. The van der Waals surface area contributed by atoms with Gasteiger partial charge in [-0.05, 0) is 25.2 Å². The zero-order chi connectivity index (χ0) is 32.4. The first-order chi connectivity index (χ1) is 21.5. The summed E-state index contributed by atoms with van der Waals surface area (Å²) >= 11 is 0. The van der Waals surface area contributed by atoms with Crippen LogP contribution in [0, 0.1) is 5.92 Å². The molecule has 0 heterocycles. The number of allylic oxidation sites excluding steroid dienone is 1. The van der Waals surface area contributed by atoms with E-state index in [4.69, 9.17) is 0 Å². The average Bonchev–Trinajstić information content (AvgIpc) is 3.01. The Labute approximate surface area is 276 Å². The summed E-state index contributed by atoms with van der Waals surface area (Å²) in [5, 5.41) is 22.9. The van der Waals surface area contributed by atoms with Crippen molar-refractivity contribution in [2.75, 3.05) is 6.61 Å². The summed E-state index contributed by atoms with van der Waals surface area (Å²) in [4.78, 5) is 12.3. The van der Waals surface area contributed by atoms with Crippen LogP contribution in [0.25, 0.3) is 0 Å². The predicted octanol–water partition coefficient (Wildman–Crippen LogP) is 11.8. The lowest BCUT2D eigenvalue weighted by Crippen LogP contribution is -2.45. The Morgan fingerprint density at radius 3 is 1.39 bits per heavy atom. The minimum atomic E-state index is -0.832. The Bertz CT molecular complexity index is 605. The zero-order valence-corrected chi connectivity index (χ0v) is 30.1. The molecule has 0 saturated heterocycles. The number of amides is 1. The van der Waals surface area contributed by atoms with Gasteiger partial charge in [0, 0.05) is 6.42 Å². The Balaban J connectivity index is 3.51. The molecule has 0 aromatic carbocycles. The molecule has 0 aliphatic carbocycles. The van der Waals surface area contributed by atoms with Crippen LogP contribution in [0.15, 0.2) is 12.2 Å². The van der Waals surface area contributed by atoms with Crippen LogP contribution in [0.5, 0.6) is 0 Å². The Morgan fingerprint density at radius 1 is 0.591 bits per heavy atom. The van der Waals surface area contributed by atoms with E-state index in [2.05, 4.69) is 26.1 Å². The fraction of sp³-hybridized carbons (Fsp3) is 0.925. The van der Waals surface area contributed by atoms with Crippen LogP contribution >= 0.6 is 0 Å². The molecular formula is C40H79NO3. The van der Waals surface area contributed by atoms with E-state index in [0.29, 0.717) is 6.42 Å². The summed E-state index contributed by atoms with van der Waals surface area (Å²) < 4.78 is 0. The second-order valence-electron chi connectivity index (χ2n) is 14.2. The van der Waals surface area contributed by atoms with Crippen LogP contribution in [-0.4, -0.2) is 34.9 Å². The molecule has 0 spiro atoms. The van der Waals surface area contributed by atoms with E-state index in [1.54, 1.807) is 6.08 Å². The molecule has 0 fully saturated rings. The first-order valence-electron chi connectivity index (χ1n) is 19.8. The summed E-state index contributed by atoms with van der Waals surface area (Å²) in [7, 11) is 0. The molecule has 0 saturated carbocycles. The van der Waals surface area contributed by atoms with Gasteiger partial charge in [0.1, 0.15) is 0 Å². The lowest BCUT2D eigenvalue weighted by atomic mass is 10.0. The molecule has 4 nitrogen and oxygen atoms in total. The van der Waals surface area contributed by atoms with Gasteiger partial charge in [0.15, 0.2) is 0 Å². The molecule has 0 rings (SSSR count). The van der Waals surface area contributed by atoms with E-state index in [-0.39, 0.29) is 12.5 Å². The molecule has 0 aromatic heterocycles. The van der Waals surface area contributed by atoms with Crippen molar-refractivity contribution in [3.63, 3.8) is 0 Å². The van der Waals surface area contributed by atoms with Crippen molar-refractivity contribution in [2.45, 2.75) is 226 Å². The molecule has 262 valence electrons. The molecular weight excluding hydrogens is 542 g/mol. The highest BCUT2D eigenvalue weighted by molar-refractivity contribution is 5.76. The van der Waals surface area contributed by atoms with Gasteiger partial charge in [-0.15, -0.1) is 0 Å². The fourth-order valence-corrected chi connectivity index (χ4v) is 6.13. The highest BCUT2D eigenvalue weighted by Crippen LogP contribution is 2.16. The van der Waals surface area contributed by atoms with Crippen LogP contribution in [0.4, 0.5) is 0 Å². The van der Waals surface area contributed by atoms with Gasteiger partial charge < -0.3 is 15.5 Å². The standard InChI is InChI=1S/C40H79NO3/c1-4-5-6-7-8-9-18-22-25-28-31-34-39(43)38(36-42)41-40(44)35-32-29-26-23-20-17-15-13-11-10-12-14-16-19-21-24-27-30-33-37(2)3/h31,34,37-39,42-43H,4-30,32-33,35-36H2,1-3H3,(H,41,44)/b34-31+/t38-,39+/m0/s1. The molecule has 0 aliphatic rings. The van der Waals surface area contributed by atoms with Crippen molar-refractivity contribution in [3.8, 4) is 0 Å². The molecule has 44 heavy (non-hydrogen) atoms. The van der Waals surface area contributed by atoms with E-state index in [9.17, 15) is 15.0 Å². The summed E-state index contributed by atoms with van der Waals surface area (Å²) in [6.45, 7) is 6.67. The number of rotatable bonds is 35. The number of aliphatic hydroxyl groups is 2. The third-order valence-electron chi connectivity index (χ3n) is 9.20. The lowest BCUT2D eigenvalue weighted by molar-refractivity contribution is -0.123.